The third-order valence-corrected chi connectivity index (χ3v) is 3.50. The number of aliphatic hydroxyl groups excluding tert-OH is 1. The lowest BCUT2D eigenvalue weighted by Gasteiger charge is -2.30. The lowest BCUT2D eigenvalue weighted by molar-refractivity contribution is -0.124. The number of hydrogen-bond acceptors (Lipinski definition) is 3. The maximum Gasteiger partial charge on any atom is 0.220 e. The molecular weight excluding hydrogens is 228 g/mol. The maximum absolute atomic E-state index is 12.0. The summed E-state index contributed by atoms with van der Waals surface area (Å²) in [5, 5.41) is 12.0. The fraction of sp³-hybridized carbons (Fsp3) is 0.929. The highest BCUT2D eigenvalue weighted by atomic mass is 16.3. The number of nitrogens with two attached hydrogens (primary N) is 1. The van der Waals surface area contributed by atoms with Gasteiger partial charge in [0.15, 0.2) is 0 Å². The fourth-order valence-electron chi connectivity index (χ4n) is 2.15. The molecule has 0 fully saturated rings. The van der Waals surface area contributed by atoms with Crippen LogP contribution in [0.2, 0.25) is 0 Å². The number of amides is 1. The zero-order valence-electron chi connectivity index (χ0n) is 12.3. The first-order valence-electron chi connectivity index (χ1n) is 6.98. The first-order valence-corrected chi connectivity index (χ1v) is 6.98. The molecule has 0 heterocycles. The van der Waals surface area contributed by atoms with Crippen molar-refractivity contribution >= 4 is 5.91 Å². The molecule has 0 aromatic rings. The summed E-state index contributed by atoms with van der Waals surface area (Å²) in [5.74, 6) is 0.852. The van der Waals surface area contributed by atoms with E-state index < -0.39 is 0 Å². The van der Waals surface area contributed by atoms with Gasteiger partial charge >= 0.3 is 0 Å². The molecule has 0 saturated carbocycles. The van der Waals surface area contributed by atoms with Crippen LogP contribution < -0.4 is 11.1 Å². The molecule has 4 heteroatoms. The van der Waals surface area contributed by atoms with Gasteiger partial charge in [-0.3, -0.25) is 4.79 Å². The first kappa shape index (κ1) is 17.4. The number of carbonyl (C=O) groups excluding carboxylic acids is 1. The van der Waals surface area contributed by atoms with E-state index in [1.165, 1.54) is 0 Å². The van der Waals surface area contributed by atoms with E-state index in [4.69, 9.17) is 10.8 Å². The highest BCUT2D eigenvalue weighted by Crippen LogP contribution is 2.17. The van der Waals surface area contributed by atoms with Crippen LogP contribution in [-0.2, 0) is 4.79 Å². The van der Waals surface area contributed by atoms with E-state index in [0.717, 1.165) is 12.8 Å². The molecule has 2 unspecified atom stereocenters. The molecule has 0 aromatic carbocycles. The Morgan fingerprint density at radius 3 is 2.44 bits per heavy atom. The van der Waals surface area contributed by atoms with E-state index in [9.17, 15) is 4.79 Å². The second-order valence-electron chi connectivity index (χ2n) is 5.87. The summed E-state index contributed by atoms with van der Waals surface area (Å²) >= 11 is 0. The van der Waals surface area contributed by atoms with Crippen molar-refractivity contribution in [2.24, 2.45) is 17.6 Å². The van der Waals surface area contributed by atoms with Crippen LogP contribution in [-0.4, -0.2) is 29.7 Å². The van der Waals surface area contributed by atoms with Gasteiger partial charge in [0.25, 0.3) is 0 Å². The molecule has 0 rings (SSSR count). The minimum Gasteiger partial charge on any atom is -0.396 e. The van der Waals surface area contributed by atoms with Gasteiger partial charge in [0.2, 0.25) is 5.91 Å². The van der Waals surface area contributed by atoms with Crippen molar-refractivity contribution in [1.29, 1.82) is 0 Å². The van der Waals surface area contributed by atoms with Gasteiger partial charge in [-0.1, -0.05) is 20.8 Å². The third-order valence-electron chi connectivity index (χ3n) is 3.50. The molecule has 0 saturated heterocycles. The predicted molar refractivity (Wildman–Crippen MR) is 75.2 cm³/mol. The normalized spacial score (nSPS) is 16.4. The van der Waals surface area contributed by atoms with E-state index in [-0.39, 0.29) is 24.0 Å². The Labute approximate surface area is 111 Å². The third kappa shape index (κ3) is 6.97. The molecule has 0 aliphatic rings. The van der Waals surface area contributed by atoms with Crippen molar-refractivity contribution in [1.82, 2.24) is 5.32 Å². The number of carbonyl (C=O) groups is 1. The summed E-state index contributed by atoms with van der Waals surface area (Å²) in [4.78, 5) is 12.0. The van der Waals surface area contributed by atoms with Crippen molar-refractivity contribution in [3.8, 4) is 0 Å². The maximum atomic E-state index is 12.0. The average molecular weight is 258 g/mol. The highest BCUT2D eigenvalue weighted by Gasteiger charge is 2.24. The minimum atomic E-state index is -0.303. The zero-order chi connectivity index (χ0) is 14.2. The largest absolute Gasteiger partial charge is 0.396 e. The fourth-order valence-corrected chi connectivity index (χ4v) is 2.15. The minimum absolute atomic E-state index is 0.0453. The van der Waals surface area contributed by atoms with Crippen LogP contribution >= 0.6 is 0 Å². The average Bonchev–Trinajstić information content (AvgIpc) is 2.27. The topological polar surface area (TPSA) is 75.3 Å². The van der Waals surface area contributed by atoms with E-state index in [0.29, 0.717) is 25.3 Å². The standard InChI is InChI=1S/C14H30N2O2/c1-5-14(4,6-7-17)16-13(18)9-12(10-15)8-11(2)3/h11-12,17H,5-10,15H2,1-4H3,(H,16,18). The number of hydrogen-bond donors (Lipinski definition) is 3. The smallest absolute Gasteiger partial charge is 0.220 e. The Balaban J connectivity index is 4.30. The molecule has 0 aromatic heterocycles. The molecule has 0 bridgehead atoms. The Morgan fingerprint density at radius 1 is 1.44 bits per heavy atom. The van der Waals surface area contributed by atoms with Gasteiger partial charge < -0.3 is 16.2 Å². The van der Waals surface area contributed by atoms with Crippen LogP contribution in [0.4, 0.5) is 0 Å². The van der Waals surface area contributed by atoms with Gasteiger partial charge in [-0.05, 0) is 44.6 Å². The molecule has 18 heavy (non-hydrogen) atoms. The second-order valence-corrected chi connectivity index (χ2v) is 5.87. The number of rotatable bonds is 9. The Hall–Kier alpha value is -0.610. The van der Waals surface area contributed by atoms with Crippen LogP contribution in [0.3, 0.4) is 0 Å². The van der Waals surface area contributed by atoms with E-state index in [2.05, 4.69) is 19.2 Å². The van der Waals surface area contributed by atoms with Crippen LogP contribution in [0.5, 0.6) is 0 Å². The van der Waals surface area contributed by atoms with E-state index >= 15 is 0 Å². The summed E-state index contributed by atoms with van der Waals surface area (Å²) in [7, 11) is 0. The van der Waals surface area contributed by atoms with Gasteiger partial charge in [-0.25, -0.2) is 0 Å². The molecule has 2 atom stereocenters. The summed E-state index contributed by atoms with van der Waals surface area (Å²) < 4.78 is 0. The van der Waals surface area contributed by atoms with Crippen molar-refractivity contribution in [2.45, 2.75) is 58.9 Å². The summed E-state index contributed by atoms with van der Waals surface area (Å²) in [5.41, 5.74) is 5.40. The summed E-state index contributed by atoms with van der Waals surface area (Å²) in [6, 6.07) is 0. The molecule has 0 aliphatic heterocycles. The number of aliphatic hydroxyl groups is 1. The van der Waals surface area contributed by atoms with Crippen molar-refractivity contribution in [2.75, 3.05) is 13.2 Å². The van der Waals surface area contributed by atoms with Gasteiger partial charge in [-0.2, -0.15) is 0 Å². The monoisotopic (exact) mass is 258 g/mol. The van der Waals surface area contributed by atoms with Crippen molar-refractivity contribution in [3.63, 3.8) is 0 Å². The molecule has 108 valence electrons. The predicted octanol–water partition coefficient (Wildman–Crippen LogP) is 1.66. The molecule has 0 radical (unpaired) electrons. The Bertz CT molecular complexity index is 244. The molecule has 1 amide bonds. The quantitative estimate of drug-likeness (QED) is 0.589. The number of nitrogens with one attached hydrogen (secondary N) is 1. The molecular formula is C14H30N2O2. The van der Waals surface area contributed by atoms with Gasteiger partial charge in [0, 0.05) is 18.6 Å². The van der Waals surface area contributed by atoms with Gasteiger partial charge in [0.1, 0.15) is 0 Å². The summed E-state index contributed by atoms with van der Waals surface area (Å²) in [6.45, 7) is 8.92. The second kappa shape index (κ2) is 8.48. The Morgan fingerprint density at radius 2 is 2.06 bits per heavy atom. The molecule has 4 nitrogen and oxygen atoms in total. The van der Waals surface area contributed by atoms with Crippen molar-refractivity contribution in [3.05, 3.63) is 0 Å². The molecule has 4 N–H and O–H groups in total. The highest BCUT2D eigenvalue weighted by molar-refractivity contribution is 5.77. The van der Waals surface area contributed by atoms with E-state index in [1.54, 1.807) is 0 Å². The van der Waals surface area contributed by atoms with Crippen LogP contribution in [0.1, 0.15) is 53.4 Å². The SMILES string of the molecule is CCC(C)(CCO)NC(=O)CC(CN)CC(C)C. The molecule has 0 aliphatic carbocycles. The zero-order valence-corrected chi connectivity index (χ0v) is 12.3. The van der Waals surface area contributed by atoms with Gasteiger partial charge in [0.05, 0.1) is 0 Å². The summed E-state index contributed by atoms with van der Waals surface area (Å²) in [6.07, 6.45) is 2.87. The first-order chi connectivity index (χ1) is 8.36. The van der Waals surface area contributed by atoms with Gasteiger partial charge in [-0.15, -0.1) is 0 Å². The van der Waals surface area contributed by atoms with Crippen LogP contribution in [0.25, 0.3) is 0 Å². The lowest BCUT2D eigenvalue weighted by Crippen LogP contribution is -2.47. The molecule has 0 spiro atoms. The van der Waals surface area contributed by atoms with Crippen LogP contribution in [0, 0.1) is 11.8 Å². The van der Waals surface area contributed by atoms with E-state index in [1.807, 2.05) is 13.8 Å². The lowest BCUT2D eigenvalue weighted by atomic mass is 9.91. The Kier molecular flexibility index (Phi) is 8.20. The van der Waals surface area contributed by atoms with Crippen LogP contribution in [0.15, 0.2) is 0 Å². The van der Waals surface area contributed by atoms with Crippen molar-refractivity contribution < 1.29 is 9.90 Å².